The quantitative estimate of drug-likeness (QED) is 0.347. The number of halogens is 5. The van der Waals surface area contributed by atoms with E-state index in [1.807, 2.05) is 0 Å². The minimum absolute atomic E-state index is 0.0431. The lowest BCUT2D eigenvalue weighted by molar-refractivity contribution is -0.206. The molecule has 3 rings (SSSR count). The number of rotatable bonds is 9. The van der Waals surface area contributed by atoms with Crippen molar-refractivity contribution in [1.82, 2.24) is 15.1 Å². The lowest BCUT2D eigenvalue weighted by Crippen LogP contribution is -2.65. The van der Waals surface area contributed by atoms with Gasteiger partial charge in [0, 0.05) is 33.1 Å². The molecule has 0 saturated carbocycles. The number of amides is 3. The molecule has 0 radical (unpaired) electrons. The van der Waals surface area contributed by atoms with Crippen LogP contribution in [0, 0.1) is 11.6 Å². The summed E-state index contributed by atoms with van der Waals surface area (Å²) in [5.74, 6) is -6.46. The summed E-state index contributed by atoms with van der Waals surface area (Å²) in [6, 6.07) is 7.83. The van der Waals surface area contributed by atoms with Crippen LogP contribution in [0.3, 0.4) is 0 Å². The topological polar surface area (TPSA) is 122 Å². The average Bonchev–Trinajstić information content (AvgIpc) is 2.91. The van der Waals surface area contributed by atoms with E-state index in [4.69, 9.17) is 5.73 Å². The van der Waals surface area contributed by atoms with Crippen LogP contribution in [0.4, 0.5) is 22.0 Å². The summed E-state index contributed by atoms with van der Waals surface area (Å²) in [6.07, 6.45) is -8.04. The Labute approximate surface area is 226 Å². The fourth-order valence-corrected chi connectivity index (χ4v) is 4.42. The molecular formula is C26H27F5N4O5. The molecule has 1 saturated heterocycles. The number of hydrogen-bond donors (Lipinski definition) is 2. The fraction of sp³-hybridized carbons (Fsp3) is 0.385. The second-order valence-corrected chi connectivity index (χ2v) is 9.09. The molecule has 216 valence electrons. The molecule has 1 aliphatic heterocycles. The van der Waals surface area contributed by atoms with Crippen LogP contribution in [0.15, 0.2) is 48.5 Å². The normalized spacial score (nSPS) is 17.6. The molecule has 14 heteroatoms. The largest absolute Gasteiger partial charge is 0.490 e. The molecule has 1 aliphatic rings. The first-order valence-electron chi connectivity index (χ1n) is 12.1. The van der Waals surface area contributed by atoms with Crippen molar-refractivity contribution in [2.45, 2.75) is 37.2 Å². The zero-order chi connectivity index (χ0) is 29.6. The van der Waals surface area contributed by atoms with Crippen LogP contribution in [0.25, 0.3) is 0 Å². The van der Waals surface area contributed by atoms with Gasteiger partial charge in [-0.2, -0.15) is 13.2 Å². The number of alkyl halides is 3. The first kappa shape index (κ1) is 30.5. The Morgan fingerprint density at radius 2 is 1.68 bits per heavy atom. The van der Waals surface area contributed by atoms with E-state index < -0.39 is 66.1 Å². The predicted molar refractivity (Wildman–Crippen MR) is 130 cm³/mol. The van der Waals surface area contributed by atoms with E-state index in [2.05, 4.69) is 10.1 Å². The van der Waals surface area contributed by atoms with Gasteiger partial charge in [0.05, 0.1) is 6.04 Å². The van der Waals surface area contributed by atoms with E-state index in [1.54, 1.807) is 6.07 Å². The summed E-state index contributed by atoms with van der Waals surface area (Å²) >= 11 is 0. The van der Waals surface area contributed by atoms with E-state index in [1.165, 1.54) is 42.3 Å². The third-order valence-corrected chi connectivity index (χ3v) is 6.47. The standard InChI is InChI=1S/C26H27F5N4O5/c1-33-23(37)19(13-16-4-2-3-5-18(16)28)34-10-11-35(20(14-34)22(32)36)24(38)21(40-25(39)26(29,30)31)12-15-6-8-17(27)9-7-15/h2-9,19-21H,10-14H2,1H3,(H2,32,36)(H,33,37). The van der Waals surface area contributed by atoms with Crippen LogP contribution in [0.5, 0.6) is 0 Å². The third-order valence-electron chi connectivity index (χ3n) is 6.47. The second-order valence-electron chi connectivity index (χ2n) is 9.09. The van der Waals surface area contributed by atoms with Gasteiger partial charge >= 0.3 is 12.1 Å². The van der Waals surface area contributed by atoms with Crippen molar-refractivity contribution in [3.05, 3.63) is 71.3 Å². The van der Waals surface area contributed by atoms with Crippen LogP contribution in [0.1, 0.15) is 11.1 Å². The van der Waals surface area contributed by atoms with Gasteiger partial charge in [-0.25, -0.2) is 13.6 Å². The van der Waals surface area contributed by atoms with E-state index >= 15 is 0 Å². The van der Waals surface area contributed by atoms with Crippen molar-refractivity contribution in [2.75, 3.05) is 26.7 Å². The van der Waals surface area contributed by atoms with E-state index in [0.717, 1.165) is 17.0 Å². The van der Waals surface area contributed by atoms with Crippen LogP contribution in [-0.2, 0) is 36.8 Å². The molecule has 1 heterocycles. The zero-order valence-electron chi connectivity index (χ0n) is 21.3. The van der Waals surface area contributed by atoms with Gasteiger partial charge in [0.2, 0.25) is 11.8 Å². The SMILES string of the molecule is CNC(=O)C(Cc1ccccc1F)N1CCN(C(=O)C(Cc2ccc(F)cc2)OC(=O)C(F)(F)F)C(C(N)=O)C1. The molecule has 0 aliphatic carbocycles. The number of benzene rings is 2. The summed E-state index contributed by atoms with van der Waals surface area (Å²) < 4.78 is 71.0. The highest BCUT2D eigenvalue weighted by Gasteiger charge is 2.46. The monoisotopic (exact) mass is 570 g/mol. The number of ether oxygens (including phenoxy) is 1. The Balaban J connectivity index is 1.86. The van der Waals surface area contributed by atoms with Crippen molar-refractivity contribution >= 4 is 23.7 Å². The van der Waals surface area contributed by atoms with Crippen LogP contribution in [0.2, 0.25) is 0 Å². The molecule has 9 nitrogen and oxygen atoms in total. The molecule has 3 atom stereocenters. The number of nitrogens with two attached hydrogens (primary N) is 1. The lowest BCUT2D eigenvalue weighted by atomic mass is 10.00. The summed E-state index contributed by atoms with van der Waals surface area (Å²) in [5, 5.41) is 2.47. The molecule has 0 aromatic heterocycles. The fourth-order valence-electron chi connectivity index (χ4n) is 4.42. The third kappa shape index (κ3) is 7.52. The zero-order valence-corrected chi connectivity index (χ0v) is 21.3. The van der Waals surface area contributed by atoms with Crippen molar-refractivity contribution in [3.63, 3.8) is 0 Å². The smallest absolute Gasteiger partial charge is 0.445 e. The molecule has 0 bridgehead atoms. The van der Waals surface area contributed by atoms with Crippen molar-refractivity contribution in [3.8, 4) is 0 Å². The number of carbonyl (C=O) groups is 4. The number of piperazine rings is 1. The van der Waals surface area contributed by atoms with Gasteiger partial charge in [-0.3, -0.25) is 19.3 Å². The van der Waals surface area contributed by atoms with Gasteiger partial charge in [0.1, 0.15) is 17.7 Å². The molecule has 0 spiro atoms. The van der Waals surface area contributed by atoms with Crippen molar-refractivity contribution in [2.24, 2.45) is 5.73 Å². The lowest BCUT2D eigenvalue weighted by Gasteiger charge is -2.43. The van der Waals surface area contributed by atoms with Crippen LogP contribution < -0.4 is 11.1 Å². The van der Waals surface area contributed by atoms with Gasteiger partial charge in [-0.15, -0.1) is 0 Å². The van der Waals surface area contributed by atoms with Gasteiger partial charge in [-0.05, 0) is 35.7 Å². The van der Waals surface area contributed by atoms with E-state index in [-0.39, 0.29) is 37.2 Å². The Morgan fingerprint density at radius 3 is 2.25 bits per heavy atom. The number of hydrogen-bond acceptors (Lipinski definition) is 6. The predicted octanol–water partition coefficient (Wildman–Crippen LogP) is 1.34. The first-order chi connectivity index (χ1) is 18.8. The van der Waals surface area contributed by atoms with Crippen molar-refractivity contribution in [1.29, 1.82) is 0 Å². The van der Waals surface area contributed by atoms with Crippen molar-refractivity contribution < 1.29 is 45.9 Å². The van der Waals surface area contributed by atoms with E-state index in [0.29, 0.717) is 0 Å². The molecule has 3 N–H and O–H groups in total. The summed E-state index contributed by atoms with van der Waals surface area (Å²) in [4.78, 5) is 52.5. The molecule has 2 aromatic rings. The highest BCUT2D eigenvalue weighted by molar-refractivity contribution is 5.91. The molecule has 1 fully saturated rings. The molecular weight excluding hydrogens is 543 g/mol. The molecule has 3 amide bonds. The summed E-state index contributed by atoms with van der Waals surface area (Å²) in [7, 11) is 1.37. The number of esters is 1. The highest BCUT2D eigenvalue weighted by Crippen LogP contribution is 2.23. The number of nitrogens with one attached hydrogen (secondary N) is 1. The van der Waals surface area contributed by atoms with E-state index in [9.17, 15) is 41.1 Å². The van der Waals surface area contributed by atoms with Crippen LogP contribution >= 0.6 is 0 Å². The maximum atomic E-state index is 14.3. The number of likely N-dealkylation sites (N-methyl/N-ethyl adjacent to an activating group) is 1. The maximum absolute atomic E-state index is 14.3. The Hall–Kier alpha value is -4.07. The van der Waals surface area contributed by atoms with Gasteiger partial charge in [-0.1, -0.05) is 30.3 Å². The average molecular weight is 571 g/mol. The summed E-state index contributed by atoms with van der Waals surface area (Å²) in [5.41, 5.74) is 5.95. The number of nitrogens with zero attached hydrogens (tertiary/aromatic N) is 2. The molecule has 3 unspecified atom stereocenters. The maximum Gasteiger partial charge on any atom is 0.490 e. The van der Waals surface area contributed by atoms with Gasteiger partial charge in [0.15, 0.2) is 6.10 Å². The highest BCUT2D eigenvalue weighted by atomic mass is 19.4. The van der Waals surface area contributed by atoms with Gasteiger partial charge in [0.25, 0.3) is 5.91 Å². The molecule has 2 aromatic carbocycles. The Bertz CT molecular complexity index is 1240. The summed E-state index contributed by atoms with van der Waals surface area (Å²) in [6.45, 7) is -0.622. The van der Waals surface area contributed by atoms with Gasteiger partial charge < -0.3 is 20.7 Å². The Kier molecular flexibility index (Phi) is 9.79. The Morgan fingerprint density at radius 1 is 1.02 bits per heavy atom. The second kappa shape index (κ2) is 12.9. The molecule has 40 heavy (non-hydrogen) atoms. The van der Waals surface area contributed by atoms with Crippen LogP contribution in [-0.4, -0.2) is 84.5 Å². The minimum atomic E-state index is -5.41. The number of carbonyl (C=O) groups excluding carboxylic acids is 4. The number of primary amides is 1. The minimum Gasteiger partial charge on any atom is -0.445 e. The first-order valence-corrected chi connectivity index (χ1v) is 12.1.